The summed E-state index contributed by atoms with van der Waals surface area (Å²) < 4.78 is 35.2. The van der Waals surface area contributed by atoms with E-state index in [2.05, 4.69) is 0 Å². The number of rotatable bonds is 2. The van der Waals surface area contributed by atoms with Crippen molar-refractivity contribution < 1.29 is 17.7 Å². The standard InChI is InChI=1S/C7H14O4S/c1-11-6-2-4-7(5-3-6)12(8,9)10/h6-7H,2-5H2,1H3,(H,8,9,10). The van der Waals surface area contributed by atoms with Crippen molar-refractivity contribution in [2.24, 2.45) is 0 Å². The zero-order chi connectivity index (χ0) is 9.19. The average Bonchev–Trinajstić information content (AvgIpc) is 2.03. The van der Waals surface area contributed by atoms with Crippen LogP contribution in [0.15, 0.2) is 0 Å². The fourth-order valence-electron chi connectivity index (χ4n) is 1.57. The highest BCUT2D eigenvalue weighted by Crippen LogP contribution is 2.24. The summed E-state index contributed by atoms with van der Waals surface area (Å²) in [6.45, 7) is 0. The minimum atomic E-state index is -3.81. The van der Waals surface area contributed by atoms with Crippen molar-refractivity contribution in [1.82, 2.24) is 0 Å². The number of methoxy groups -OCH3 is 1. The Morgan fingerprint density at radius 1 is 1.25 bits per heavy atom. The molecule has 0 aromatic rings. The Morgan fingerprint density at radius 2 is 1.75 bits per heavy atom. The van der Waals surface area contributed by atoms with Gasteiger partial charge in [0.1, 0.15) is 0 Å². The fourth-order valence-corrected chi connectivity index (χ4v) is 2.43. The summed E-state index contributed by atoms with van der Waals surface area (Å²) in [5.41, 5.74) is 0. The van der Waals surface area contributed by atoms with Crippen LogP contribution < -0.4 is 0 Å². The molecular formula is C7H14O4S. The highest BCUT2D eigenvalue weighted by molar-refractivity contribution is 7.86. The molecule has 0 saturated heterocycles. The lowest BCUT2D eigenvalue weighted by Gasteiger charge is -2.25. The Kier molecular flexibility index (Phi) is 3.09. The van der Waals surface area contributed by atoms with Gasteiger partial charge < -0.3 is 4.74 Å². The van der Waals surface area contributed by atoms with Crippen molar-refractivity contribution in [3.05, 3.63) is 0 Å². The normalized spacial score (nSPS) is 31.8. The predicted molar refractivity (Wildman–Crippen MR) is 44.6 cm³/mol. The molecule has 0 bridgehead atoms. The van der Waals surface area contributed by atoms with Crippen LogP contribution in [-0.2, 0) is 14.9 Å². The number of hydrogen-bond donors (Lipinski definition) is 1. The molecule has 0 amide bonds. The minimum absolute atomic E-state index is 0.169. The van der Waals surface area contributed by atoms with Crippen molar-refractivity contribution in [3.8, 4) is 0 Å². The van der Waals surface area contributed by atoms with Crippen molar-refractivity contribution >= 4 is 10.1 Å². The van der Waals surface area contributed by atoms with Crippen molar-refractivity contribution in [1.29, 1.82) is 0 Å². The largest absolute Gasteiger partial charge is 0.381 e. The molecule has 1 saturated carbocycles. The van der Waals surface area contributed by atoms with Gasteiger partial charge in [-0.15, -0.1) is 0 Å². The lowest BCUT2D eigenvalue weighted by atomic mass is 9.97. The Balaban J connectivity index is 2.47. The molecule has 4 nitrogen and oxygen atoms in total. The van der Waals surface area contributed by atoms with E-state index in [1.807, 2.05) is 0 Å². The minimum Gasteiger partial charge on any atom is -0.381 e. The first-order valence-electron chi connectivity index (χ1n) is 4.03. The topological polar surface area (TPSA) is 63.6 Å². The maximum absolute atomic E-state index is 10.7. The van der Waals surface area contributed by atoms with E-state index in [1.54, 1.807) is 7.11 Å². The molecule has 0 radical (unpaired) electrons. The van der Waals surface area contributed by atoms with Gasteiger partial charge in [0.15, 0.2) is 0 Å². The molecule has 0 aliphatic heterocycles. The van der Waals surface area contributed by atoms with Crippen molar-refractivity contribution in [3.63, 3.8) is 0 Å². The van der Waals surface area contributed by atoms with Crippen molar-refractivity contribution in [2.75, 3.05) is 7.11 Å². The second kappa shape index (κ2) is 3.72. The van der Waals surface area contributed by atoms with Crippen LogP contribution in [0.5, 0.6) is 0 Å². The average molecular weight is 194 g/mol. The summed E-state index contributed by atoms with van der Waals surface area (Å²) in [6.07, 6.45) is 2.64. The van der Waals surface area contributed by atoms with E-state index in [9.17, 15) is 8.42 Å². The van der Waals surface area contributed by atoms with E-state index in [0.717, 1.165) is 12.8 Å². The summed E-state index contributed by atoms with van der Waals surface area (Å²) in [7, 11) is -2.19. The van der Waals surface area contributed by atoms with E-state index < -0.39 is 15.4 Å². The molecule has 1 rings (SSSR count). The Hall–Kier alpha value is -0.130. The van der Waals surface area contributed by atoms with Gasteiger partial charge >= 0.3 is 0 Å². The van der Waals surface area contributed by atoms with Crippen LogP contribution in [0.4, 0.5) is 0 Å². The highest BCUT2D eigenvalue weighted by atomic mass is 32.2. The van der Waals surface area contributed by atoms with Crippen LogP contribution in [0.3, 0.4) is 0 Å². The third-order valence-electron chi connectivity index (χ3n) is 2.38. The van der Waals surface area contributed by atoms with E-state index in [4.69, 9.17) is 9.29 Å². The molecule has 1 aliphatic carbocycles. The molecule has 1 N–H and O–H groups in total. The molecule has 1 fully saturated rings. The van der Waals surface area contributed by atoms with Crippen LogP contribution in [-0.4, -0.2) is 31.4 Å². The van der Waals surface area contributed by atoms with E-state index in [0.29, 0.717) is 12.8 Å². The molecule has 0 spiro atoms. The third-order valence-corrected chi connectivity index (χ3v) is 3.69. The van der Waals surface area contributed by atoms with Gasteiger partial charge in [0, 0.05) is 7.11 Å². The van der Waals surface area contributed by atoms with Crippen LogP contribution in [0.2, 0.25) is 0 Å². The van der Waals surface area contributed by atoms with Crippen LogP contribution in [0.25, 0.3) is 0 Å². The van der Waals surface area contributed by atoms with E-state index in [1.165, 1.54) is 0 Å². The maximum atomic E-state index is 10.7. The molecule has 5 heteroatoms. The quantitative estimate of drug-likeness (QED) is 0.661. The van der Waals surface area contributed by atoms with Crippen molar-refractivity contribution in [2.45, 2.75) is 37.0 Å². The Bertz CT molecular complexity index is 226. The number of hydrogen-bond acceptors (Lipinski definition) is 3. The van der Waals surface area contributed by atoms with Gasteiger partial charge in [0.05, 0.1) is 11.4 Å². The van der Waals surface area contributed by atoms with E-state index >= 15 is 0 Å². The first-order valence-corrected chi connectivity index (χ1v) is 5.53. The molecular weight excluding hydrogens is 180 g/mol. The van der Waals surface area contributed by atoms with Gasteiger partial charge in [0.25, 0.3) is 10.1 Å². The van der Waals surface area contributed by atoms with Gasteiger partial charge in [-0.25, -0.2) is 0 Å². The van der Waals surface area contributed by atoms with Gasteiger partial charge in [-0.05, 0) is 25.7 Å². The molecule has 0 aromatic carbocycles. The first-order chi connectivity index (χ1) is 5.54. The van der Waals surface area contributed by atoms with Gasteiger partial charge in [-0.3, -0.25) is 4.55 Å². The number of ether oxygens (including phenoxy) is 1. The molecule has 0 unspecified atom stereocenters. The Labute approximate surface area is 72.7 Å². The monoisotopic (exact) mass is 194 g/mol. The highest BCUT2D eigenvalue weighted by Gasteiger charge is 2.29. The molecule has 0 atom stereocenters. The molecule has 72 valence electrons. The van der Waals surface area contributed by atoms with Gasteiger partial charge in [0.2, 0.25) is 0 Å². The second-order valence-electron chi connectivity index (χ2n) is 3.15. The summed E-state index contributed by atoms with van der Waals surface area (Å²) in [4.78, 5) is 0. The summed E-state index contributed by atoms with van der Waals surface area (Å²) in [5.74, 6) is 0. The molecule has 1 aliphatic rings. The van der Waals surface area contributed by atoms with Crippen LogP contribution in [0, 0.1) is 0 Å². The van der Waals surface area contributed by atoms with E-state index in [-0.39, 0.29) is 6.10 Å². The second-order valence-corrected chi connectivity index (χ2v) is 4.85. The fraction of sp³-hybridized carbons (Fsp3) is 1.00. The summed E-state index contributed by atoms with van der Waals surface area (Å²) in [5, 5.41) is -0.566. The maximum Gasteiger partial charge on any atom is 0.267 e. The van der Waals surface area contributed by atoms with Crippen LogP contribution >= 0.6 is 0 Å². The zero-order valence-corrected chi connectivity index (χ0v) is 7.88. The first kappa shape index (κ1) is 9.95. The van der Waals surface area contributed by atoms with Gasteiger partial charge in [-0.1, -0.05) is 0 Å². The lowest BCUT2D eigenvalue weighted by molar-refractivity contribution is 0.0712. The summed E-state index contributed by atoms with van der Waals surface area (Å²) in [6, 6.07) is 0. The predicted octanol–water partition coefficient (Wildman–Crippen LogP) is 0.832. The zero-order valence-electron chi connectivity index (χ0n) is 7.06. The summed E-state index contributed by atoms with van der Waals surface area (Å²) >= 11 is 0. The van der Waals surface area contributed by atoms with Gasteiger partial charge in [-0.2, -0.15) is 8.42 Å². The SMILES string of the molecule is COC1CCC(S(=O)(=O)O)CC1. The Morgan fingerprint density at radius 3 is 2.08 bits per heavy atom. The molecule has 0 heterocycles. The molecule has 0 aromatic heterocycles. The van der Waals surface area contributed by atoms with Crippen LogP contribution in [0.1, 0.15) is 25.7 Å². The smallest absolute Gasteiger partial charge is 0.267 e. The third kappa shape index (κ3) is 2.43. The lowest BCUT2D eigenvalue weighted by Crippen LogP contribution is -2.29. The molecule has 12 heavy (non-hydrogen) atoms.